The van der Waals surface area contributed by atoms with Crippen molar-refractivity contribution in [1.82, 2.24) is 14.5 Å². The Bertz CT molecular complexity index is 954. The first-order valence-electron chi connectivity index (χ1n) is 9.55. The Morgan fingerprint density at radius 2 is 1.59 bits per heavy atom. The van der Waals surface area contributed by atoms with E-state index in [0.717, 1.165) is 21.0 Å². The van der Waals surface area contributed by atoms with Crippen LogP contribution in [0.15, 0.2) is 47.4 Å². The first-order valence-corrected chi connectivity index (χ1v) is 11.0. The molecule has 2 aromatic carbocycles. The van der Waals surface area contributed by atoms with E-state index in [1.54, 1.807) is 18.2 Å². The number of likely N-dealkylation sites (N-methyl/N-ethyl adjacent to an activating group) is 2. The lowest BCUT2D eigenvalue weighted by Crippen LogP contribution is -2.41. The molecule has 1 atom stereocenters. The molecule has 0 aromatic heterocycles. The van der Waals surface area contributed by atoms with Gasteiger partial charge in [-0.3, -0.25) is 4.79 Å². The van der Waals surface area contributed by atoms with Crippen molar-refractivity contribution in [2.75, 3.05) is 34.2 Å². The zero-order valence-corrected chi connectivity index (χ0v) is 18.9. The highest BCUT2D eigenvalue weighted by Crippen LogP contribution is 2.19. The summed E-state index contributed by atoms with van der Waals surface area (Å²) in [7, 11) is 1.60. The molecule has 0 radical (unpaired) electrons. The maximum Gasteiger partial charge on any atom is 0.243 e. The van der Waals surface area contributed by atoms with Gasteiger partial charge in [-0.15, -0.1) is 0 Å². The monoisotopic (exact) mass is 417 g/mol. The maximum atomic E-state index is 12.8. The van der Waals surface area contributed by atoms with Crippen LogP contribution >= 0.6 is 0 Å². The van der Waals surface area contributed by atoms with Gasteiger partial charge in [0.25, 0.3) is 0 Å². The molecule has 0 fully saturated rings. The largest absolute Gasteiger partial charge is 0.353 e. The average Bonchev–Trinajstić information content (AvgIpc) is 2.65. The highest BCUT2D eigenvalue weighted by Gasteiger charge is 2.24. The molecule has 0 aliphatic heterocycles. The minimum absolute atomic E-state index is 0.00112. The highest BCUT2D eigenvalue weighted by atomic mass is 32.2. The number of hydrogen-bond acceptors (Lipinski definition) is 4. The third-order valence-corrected chi connectivity index (χ3v) is 6.93. The minimum Gasteiger partial charge on any atom is -0.353 e. The number of nitrogens with zero attached hydrogens (tertiary/aromatic N) is 2. The fraction of sp³-hybridized carbons (Fsp3) is 0.409. The number of nitrogens with one attached hydrogen (secondary N) is 1. The Balaban J connectivity index is 2.03. The molecule has 2 aromatic rings. The smallest absolute Gasteiger partial charge is 0.243 e. The van der Waals surface area contributed by atoms with Crippen molar-refractivity contribution in [1.29, 1.82) is 0 Å². The van der Waals surface area contributed by atoms with Gasteiger partial charge in [0, 0.05) is 13.6 Å². The maximum absolute atomic E-state index is 12.8. The van der Waals surface area contributed by atoms with Crippen molar-refractivity contribution in [3.05, 3.63) is 64.7 Å². The van der Waals surface area contributed by atoms with Crippen LogP contribution in [0.25, 0.3) is 0 Å². The molecule has 6 nitrogen and oxygen atoms in total. The van der Waals surface area contributed by atoms with Gasteiger partial charge in [-0.1, -0.05) is 35.9 Å². The number of benzene rings is 2. The molecule has 0 aliphatic rings. The van der Waals surface area contributed by atoms with Crippen LogP contribution in [0.4, 0.5) is 0 Å². The molecule has 0 heterocycles. The van der Waals surface area contributed by atoms with Crippen LogP contribution in [-0.4, -0.2) is 57.8 Å². The number of aryl methyl sites for hydroxylation is 3. The zero-order valence-electron chi connectivity index (χ0n) is 18.1. The zero-order chi connectivity index (χ0) is 21.8. The molecule has 1 unspecified atom stereocenters. The number of hydrogen-bond donors (Lipinski definition) is 1. The van der Waals surface area contributed by atoms with Gasteiger partial charge in [-0.2, -0.15) is 4.31 Å². The van der Waals surface area contributed by atoms with Gasteiger partial charge in [0.05, 0.1) is 17.5 Å². The highest BCUT2D eigenvalue weighted by molar-refractivity contribution is 7.89. The average molecular weight is 418 g/mol. The van der Waals surface area contributed by atoms with E-state index in [1.165, 1.54) is 12.6 Å². The van der Waals surface area contributed by atoms with Crippen LogP contribution in [0.2, 0.25) is 0 Å². The van der Waals surface area contributed by atoms with Crippen molar-refractivity contribution < 1.29 is 13.2 Å². The van der Waals surface area contributed by atoms with Crippen LogP contribution in [0.3, 0.4) is 0 Å². The van der Waals surface area contributed by atoms with E-state index in [4.69, 9.17) is 0 Å². The number of rotatable bonds is 8. The van der Waals surface area contributed by atoms with Crippen molar-refractivity contribution in [3.63, 3.8) is 0 Å². The third-order valence-electron chi connectivity index (χ3n) is 5.13. The summed E-state index contributed by atoms with van der Waals surface area (Å²) in [6.45, 7) is 5.99. The summed E-state index contributed by atoms with van der Waals surface area (Å²) in [6, 6.07) is 13.2. The molecule has 0 spiro atoms. The number of sulfonamides is 1. The Kier molecular flexibility index (Phi) is 7.57. The van der Waals surface area contributed by atoms with Crippen LogP contribution in [0, 0.1) is 20.8 Å². The van der Waals surface area contributed by atoms with E-state index in [9.17, 15) is 13.2 Å². The SMILES string of the molecule is Cc1ccc(C(CNC(=O)CN(C)S(=O)(=O)c2ccc(C)c(C)c2)N(C)C)cc1. The minimum atomic E-state index is -3.72. The van der Waals surface area contributed by atoms with E-state index in [-0.39, 0.29) is 23.4 Å². The van der Waals surface area contributed by atoms with Crippen LogP contribution < -0.4 is 5.32 Å². The summed E-state index contributed by atoms with van der Waals surface area (Å²) in [6.07, 6.45) is 0. The second-order valence-electron chi connectivity index (χ2n) is 7.70. The predicted octanol–water partition coefficient (Wildman–Crippen LogP) is 2.65. The van der Waals surface area contributed by atoms with E-state index in [1.807, 2.05) is 64.0 Å². The molecule has 0 aliphatic carbocycles. The lowest BCUT2D eigenvalue weighted by atomic mass is 10.0. The quantitative estimate of drug-likeness (QED) is 0.717. The summed E-state index contributed by atoms with van der Waals surface area (Å²) in [5.41, 5.74) is 4.19. The summed E-state index contributed by atoms with van der Waals surface area (Å²) < 4.78 is 26.6. The molecule has 0 saturated heterocycles. The van der Waals surface area contributed by atoms with Gasteiger partial charge >= 0.3 is 0 Å². The molecule has 0 bridgehead atoms. The summed E-state index contributed by atoms with van der Waals surface area (Å²) in [4.78, 5) is 14.7. The summed E-state index contributed by atoms with van der Waals surface area (Å²) >= 11 is 0. The standard InChI is InChI=1S/C22H31N3O3S/c1-16-7-10-19(11-8-16)21(24(4)5)14-23-22(26)15-25(6)29(27,28)20-12-9-17(2)18(3)13-20/h7-13,21H,14-15H2,1-6H3,(H,23,26). The van der Waals surface area contributed by atoms with E-state index in [2.05, 4.69) is 5.32 Å². The third kappa shape index (κ3) is 5.88. The molecule has 7 heteroatoms. The molecule has 158 valence electrons. The van der Waals surface area contributed by atoms with Crippen LogP contribution in [-0.2, 0) is 14.8 Å². The van der Waals surface area contributed by atoms with Gasteiger partial charge in [-0.05, 0) is 63.7 Å². The molecule has 2 rings (SSSR count). The molecular weight excluding hydrogens is 386 g/mol. The molecule has 1 amide bonds. The Morgan fingerprint density at radius 1 is 0.966 bits per heavy atom. The molecule has 29 heavy (non-hydrogen) atoms. The molecule has 1 N–H and O–H groups in total. The molecule has 0 saturated carbocycles. The Morgan fingerprint density at radius 3 is 2.14 bits per heavy atom. The van der Waals surface area contributed by atoms with Crippen LogP contribution in [0.1, 0.15) is 28.3 Å². The van der Waals surface area contributed by atoms with Crippen molar-refractivity contribution >= 4 is 15.9 Å². The van der Waals surface area contributed by atoms with Crippen molar-refractivity contribution in [2.24, 2.45) is 0 Å². The fourth-order valence-corrected chi connectivity index (χ4v) is 4.21. The first kappa shape index (κ1) is 23.1. The number of amides is 1. The van der Waals surface area contributed by atoms with E-state index >= 15 is 0 Å². The Labute approximate surface area is 174 Å². The molecular formula is C22H31N3O3S. The van der Waals surface area contributed by atoms with Crippen LogP contribution in [0.5, 0.6) is 0 Å². The lowest BCUT2D eigenvalue weighted by Gasteiger charge is -2.26. The van der Waals surface area contributed by atoms with Crippen molar-refractivity contribution in [3.8, 4) is 0 Å². The first-order chi connectivity index (χ1) is 13.5. The number of carbonyl (C=O) groups excluding carboxylic acids is 1. The summed E-state index contributed by atoms with van der Waals surface area (Å²) in [5, 5.41) is 2.87. The van der Waals surface area contributed by atoms with Gasteiger partial charge in [0.1, 0.15) is 0 Å². The fourth-order valence-electron chi connectivity index (χ4n) is 3.00. The van der Waals surface area contributed by atoms with Crippen molar-refractivity contribution in [2.45, 2.75) is 31.7 Å². The topological polar surface area (TPSA) is 69.7 Å². The van der Waals surface area contributed by atoms with Gasteiger partial charge < -0.3 is 10.2 Å². The second kappa shape index (κ2) is 9.52. The van der Waals surface area contributed by atoms with Gasteiger partial charge in [-0.25, -0.2) is 8.42 Å². The van der Waals surface area contributed by atoms with E-state index < -0.39 is 10.0 Å². The number of carbonyl (C=O) groups is 1. The summed E-state index contributed by atoms with van der Waals surface area (Å²) in [5.74, 6) is -0.334. The van der Waals surface area contributed by atoms with E-state index in [0.29, 0.717) is 6.54 Å². The second-order valence-corrected chi connectivity index (χ2v) is 9.75. The van der Waals surface area contributed by atoms with Gasteiger partial charge in [0.2, 0.25) is 15.9 Å². The Hall–Kier alpha value is -2.22. The predicted molar refractivity (Wildman–Crippen MR) is 116 cm³/mol. The normalized spacial score (nSPS) is 13.0. The lowest BCUT2D eigenvalue weighted by molar-refractivity contribution is -0.121. The van der Waals surface area contributed by atoms with Gasteiger partial charge in [0.15, 0.2) is 0 Å².